The molecule has 1 amide bonds. The fraction of sp³-hybridized carbons (Fsp3) is 0.500. The van der Waals surface area contributed by atoms with Gasteiger partial charge in [0.15, 0.2) is 0 Å². The average Bonchev–Trinajstić information content (AvgIpc) is 2.58. The van der Waals surface area contributed by atoms with Gasteiger partial charge in [-0.15, -0.1) is 0 Å². The molecular weight excluding hydrogens is 404 g/mol. The van der Waals surface area contributed by atoms with Gasteiger partial charge in [0, 0.05) is 0 Å². The first kappa shape index (κ1) is 16.7. The van der Waals surface area contributed by atoms with Gasteiger partial charge < -0.3 is 4.74 Å². The molecule has 0 radical (unpaired) electrons. The second kappa shape index (κ2) is 6.24. The van der Waals surface area contributed by atoms with Crippen molar-refractivity contribution in [2.75, 3.05) is 14.2 Å². The van der Waals surface area contributed by atoms with E-state index in [0.29, 0.717) is 6.42 Å². The Morgan fingerprint density at radius 1 is 1.29 bits per heavy atom. The Kier molecular flexibility index (Phi) is 4.97. The van der Waals surface area contributed by atoms with Crippen LogP contribution in [0.2, 0.25) is 0 Å². The van der Waals surface area contributed by atoms with Crippen molar-refractivity contribution in [3.05, 3.63) is 26.6 Å². The van der Waals surface area contributed by atoms with Crippen LogP contribution in [-0.4, -0.2) is 36.9 Å². The summed E-state index contributed by atoms with van der Waals surface area (Å²) in [7, 11) is 3.12. The smallest absolute Gasteiger partial charge is 0.265 e. The van der Waals surface area contributed by atoms with Crippen LogP contribution < -0.4 is 10.1 Å². The number of nitrogens with zero attached hydrogens (tertiary/aromatic N) is 1. The maximum atomic E-state index is 12.3. The molecule has 116 valence electrons. The van der Waals surface area contributed by atoms with Crippen LogP contribution in [0.15, 0.2) is 21.1 Å². The SMILES string of the molecule is COc1c(Br)cc(C[C@@H]2NC(C)(C)N(OC)C2=O)cc1Br. The first-order chi connectivity index (χ1) is 9.80. The largest absolute Gasteiger partial charge is 0.494 e. The van der Waals surface area contributed by atoms with Gasteiger partial charge in [0.1, 0.15) is 11.4 Å². The minimum absolute atomic E-state index is 0.0643. The molecule has 0 spiro atoms. The zero-order valence-electron chi connectivity index (χ0n) is 12.4. The van der Waals surface area contributed by atoms with Gasteiger partial charge >= 0.3 is 0 Å². The molecule has 0 saturated carbocycles. The van der Waals surface area contributed by atoms with E-state index in [1.165, 1.54) is 12.2 Å². The summed E-state index contributed by atoms with van der Waals surface area (Å²) >= 11 is 6.95. The van der Waals surface area contributed by atoms with Crippen molar-refractivity contribution in [3.8, 4) is 5.75 Å². The molecule has 7 heteroatoms. The summed E-state index contributed by atoms with van der Waals surface area (Å²) < 4.78 is 6.98. The maximum absolute atomic E-state index is 12.3. The van der Waals surface area contributed by atoms with E-state index >= 15 is 0 Å². The predicted octanol–water partition coefficient (Wildman–Crippen LogP) is 2.86. The number of halogens is 2. The highest BCUT2D eigenvalue weighted by atomic mass is 79.9. The molecule has 0 unspecified atom stereocenters. The van der Waals surface area contributed by atoms with Gasteiger partial charge in [0.25, 0.3) is 5.91 Å². The van der Waals surface area contributed by atoms with Crippen molar-refractivity contribution < 1.29 is 14.4 Å². The second-order valence-electron chi connectivity index (χ2n) is 5.37. The number of carbonyl (C=O) groups excluding carboxylic acids is 1. The van der Waals surface area contributed by atoms with Crippen molar-refractivity contribution in [2.24, 2.45) is 0 Å². The molecule has 5 nitrogen and oxygen atoms in total. The Morgan fingerprint density at radius 3 is 2.29 bits per heavy atom. The predicted molar refractivity (Wildman–Crippen MR) is 87.0 cm³/mol. The van der Waals surface area contributed by atoms with E-state index in [0.717, 1.165) is 20.3 Å². The molecule has 1 fully saturated rings. The fourth-order valence-corrected chi connectivity index (χ4v) is 4.19. The van der Waals surface area contributed by atoms with E-state index < -0.39 is 5.66 Å². The molecule has 21 heavy (non-hydrogen) atoms. The van der Waals surface area contributed by atoms with Crippen LogP contribution in [0.1, 0.15) is 19.4 Å². The molecule has 0 aliphatic carbocycles. The van der Waals surface area contributed by atoms with Crippen LogP contribution >= 0.6 is 31.9 Å². The van der Waals surface area contributed by atoms with E-state index in [1.54, 1.807) is 7.11 Å². The number of methoxy groups -OCH3 is 1. The van der Waals surface area contributed by atoms with Crippen molar-refractivity contribution >= 4 is 37.8 Å². The highest BCUT2D eigenvalue weighted by molar-refractivity contribution is 9.11. The lowest BCUT2D eigenvalue weighted by molar-refractivity contribution is -0.192. The van der Waals surface area contributed by atoms with Crippen LogP contribution in [0.25, 0.3) is 0 Å². The van der Waals surface area contributed by atoms with Crippen LogP contribution in [0.3, 0.4) is 0 Å². The van der Waals surface area contributed by atoms with E-state index in [-0.39, 0.29) is 11.9 Å². The molecular formula is C14H18Br2N2O3. The third-order valence-corrected chi connectivity index (χ3v) is 4.60. The van der Waals surface area contributed by atoms with Crippen LogP contribution in [0.4, 0.5) is 0 Å². The second-order valence-corrected chi connectivity index (χ2v) is 7.08. The summed E-state index contributed by atoms with van der Waals surface area (Å²) in [6.45, 7) is 3.82. The number of rotatable bonds is 4. The van der Waals surface area contributed by atoms with Gasteiger partial charge in [-0.1, -0.05) is 0 Å². The lowest BCUT2D eigenvalue weighted by Gasteiger charge is -2.28. The number of amides is 1. The quantitative estimate of drug-likeness (QED) is 0.812. The summed E-state index contributed by atoms with van der Waals surface area (Å²) in [6, 6.07) is 3.61. The van der Waals surface area contributed by atoms with E-state index in [2.05, 4.69) is 37.2 Å². The fourth-order valence-electron chi connectivity index (χ4n) is 2.58. The summed E-state index contributed by atoms with van der Waals surface area (Å²) in [5, 5.41) is 4.67. The van der Waals surface area contributed by atoms with Crippen LogP contribution in [0, 0.1) is 0 Å². The molecule has 1 aromatic carbocycles. The minimum Gasteiger partial charge on any atom is -0.494 e. The van der Waals surface area contributed by atoms with Gasteiger partial charge in [-0.25, -0.2) is 5.06 Å². The number of hydrogen-bond acceptors (Lipinski definition) is 4. The molecule has 1 N–H and O–H groups in total. The molecule has 1 aliphatic rings. The number of hydrogen-bond donors (Lipinski definition) is 1. The third kappa shape index (κ3) is 3.26. The first-order valence-corrected chi connectivity index (χ1v) is 8.06. The summed E-state index contributed by atoms with van der Waals surface area (Å²) in [5.74, 6) is 0.675. The van der Waals surface area contributed by atoms with Gasteiger partial charge in [-0.05, 0) is 69.8 Å². The summed E-state index contributed by atoms with van der Waals surface area (Å²) in [6.07, 6.45) is 0.573. The molecule has 1 saturated heterocycles. The Balaban J connectivity index is 2.22. The highest BCUT2D eigenvalue weighted by Crippen LogP contribution is 2.35. The summed E-state index contributed by atoms with van der Waals surface area (Å²) in [5.41, 5.74) is 0.506. The van der Waals surface area contributed by atoms with Crippen molar-refractivity contribution in [1.29, 1.82) is 0 Å². The number of ether oxygens (including phenoxy) is 1. The van der Waals surface area contributed by atoms with E-state index in [9.17, 15) is 4.79 Å². The zero-order chi connectivity index (χ0) is 15.8. The number of nitrogens with one attached hydrogen (secondary N) is 1. The van der Waals surface area contributed by atoms with E-state index in [1.807, 2.05) is 26.0 Å². The van der Waals surface area contributed by atoms with Gasteiger partial charge in [-0.2, -0.15) is 0 Å². The number of hydroxylamine groups is 2. The van der Waals surface area contributed by atoms with Crippen LogP contribution in [-0.2, 0) is 16.1 Å². The summed E-state index contributed by atoms with van der Waals surface area (Å²) in [4.78, 5) is 17.5. The Morgan fingerprint density at radius 2 is 1.86 bits per heavy atom. The van der Waals surface area contributed by atoms with Crippen molar-refractivity contribution in [2.45, 2.75) is 32.0 Å². The third-order valence-electron chi connectivity index (χ3n) is 3.42. The Hall–Kier alpha value is -0.630. The lowest BCUT2D eigenvalue weighted by Crippen LogP contribution is -2.46. The average molecular weight is 422 g/mol. The monoisotopic (exact) mass is 420 g/mol. The Labute approximate surface area is 141 Å². The van der Waals surface area contributed by atoms with Gasteiger partial charge in [0.2, 0.25) is 0 Å². The first-order valence-electron chi connectivity index (χ1n) is 6.48. The Bertz CT molecular complexity index is 540. The molecule has 1 aromatic rings. The molecule has 1 aliphatic heterocycles. The van der Waals surface area contributed by atoms with Gasteiger partial charge in [0.05, 0.1) is 29.2 Å². The number of benzene rings is 1. The normalized spacial score (nSPS) is 21.0. The zero-order valence-corrected chi connectivity index (χ0v) is 15.5. The van der Waals surface area contributed by atoms with Gasteiger partial charge in [-0.3, -0.25) is 14.9 Å². The van der Waals surface area contributed by atoms with Crippen molar-refractivity contribution in [3.63, 3.8) is 0 Å². The molecule has 1 heterocycles. The topological polar surface area (TPSA) is 50.8 Å². The van der Waals surface area contributed by atoms with Crippen molar-refractivity contribution in [1.82, 2.24) is 10.4 Å². The molecule has 0 aromatic heterocycles. The van der Waals surface area contributed by atoms with Crippen LogP contribution in [0.5, 0.6) is 5.75 Å². The molecule has 0 bridgehead atoms. The number of carbonyl (C=O) groups is 1. The molecule has 2 rings (SSSR count). The standard InChI is InChI=1S/C14H18Br2N2O3/c1-14(2)17-11(13(19)18(14)21-4)7-8-5-9(15)12(20-3)10(16)6-8/h5-6,11,17H,7H2,1-4H3/t11-/m0/s1. The molecule has 1 atom stereocenters. The van der Waals surface area contributed by atoms with E-state index in [4.69, 9.17) is 9.57 Å². The lowest BCUT2D eigenvalue weighted by atomic mass is 10.1. The highest BCUT2D eigenvalue weighted by Gasteiger charge is 2.45. The minimum atomic E-state index is -0.516. The maximum Gasteiger partial charge on any atom is 0.265 e.